The molecule has 0 saturated carbocycles. The van der Waals surface area contributed by atoms with Gasteiger partial charge in [-0.3, -0.25) is 14.5 Å². The smallest absolute Gasteiger partial charge is 0.376 e. The molecule has 1 heterocycles. The quantitative estimate of drug-likeness (QED) is 0.123. The molecule has 1 spiro atoms. The number of alkyl halides is 6. The number of amides is 2. The number of rotatable bonds is 4. The molecule has 0 saturated heterocycles. The standard InChI is InChI=1S/C27H20F6N2O5S.2C2H6/c1-2-34-21-11-8-17(26(28,29)30)15-22(21)35(18-6-4-3-5-7-18)24(37)25(23(34)36)13-12-16-14-19(9-10-20(16)25)40-41(38,39)27(31,32)33;2*1-2/h3-11,14-15H,2,12-13H2,1H3;2*1-2H3. The second kappa shape index (κ2) is 13.1. The highest BCUT2D eigenvalue weighted by Gasteiger charge is 2.58. The number of fused-ring (bicyclic) bond motifs is 3. The van der Waals surface area contributed by atoms with E-state index in [2.05, 4.69) is 4.18 Å². The molecule has 244 valence electrons. The van der Waals surface area contributed by atoms with Gasteiger partial charge in [0.15, 0.2) is 5.41 Å². The summed E-state index contributed by atoms with van der Waals surface area (Å²) < 4.78 is 107. The first kappa shape index (κ1) is 35.4. The molecule has 0 aromatic heterocycles. The lowest BCUT2D eigenvalue weighted by atomic mass is 9.78. The van der Waals surface area contributed by atoms with Crippen LogP contribution >= 0.6 is 0 Å². The molecule has 0 N–H and O–H groups in total. The third-order valence-corrected chi connectivity index (χ3v) is 8.12. The Morgan fingerprint density at radius 1 is 0.822 bits per heavy atom. The number of anilines is 3. The average molecular weight is 659 g/mol. The molecule has 1 atom stereocenters. The van der Waals surface area contributed by atoms with Crippen molar-refractivity contribution in [3.63, 3.8) is 0 Å². The van der Waals surface area contributed by atoms with E-state index in [0.717, 1.165) is 41.3 Å². The second-order valence-corrected chi connectivity index (χ2v) is 11.0. The summed E-state index contributed by atoms with van der Waals surface area (Å²) in [6.07, 6.45) is -4.95. The number of hydrogen-bond donors (Lipinski definition) is 0. The molecule has 3 aromatic carbocycles. The van der Waals surface area contributed by atoms with Crippen LogP contribution in [0.3, 0.4) is 0 Å². The Morgan fingerprint density at radius 3 is 2.00 bits per heavy atom. The van der Waals surface area contributed by atoms with Crippen molar-refractivity contribution in [1.82, 2.24) is 0 Å². The van der Waals surface area contributed by atoms with Gasteiger partial charge < -0.3 is 9.08 Å². The van der Waals surface area contributed by atoms with E-state index in [1.807, 2.05) is 27.7 Å². The number of aryl methyl sites for hydroxylation is 1. The van der Waals surface area contributed by atoms with Gasteiger partial charge in [-0.25, -0.2) is 0 Å². The van der Waals surface area contributed by atoms with Crippen LogP contribution in [0.2, 0.25) is 0 Å². The van der Waals surface area contributed by atoms with Crippen LogP contribution in [0.1, 0.15) is 57.7 Å². The average Bonchev–Trinajstić information content (AvgIpc) is 3.36. The number of likely N-dealkylation sites (N-methyl/N-ethyl adjacent to an activating group) is 1. The first-order chi connectivity index (χ1) is 21.1. The molecule has 0 fully saturated rings. The van der Waals surface area contributed by atoms with Crippen molar-refractivity contribution in [3.8, 4) is 5.75 Å². The molecule has 1 unspecified atom stereocenters. The Hall–Kier alpha value is -4.07. The van der Waals surface area contributed by atoms with E-state index in [9.17, 15) is 44.3 Å². The predicted molar refractivity (Wildman–Crippen MR) is 158 cm³/mol. The summed E-state index contributed by atoms with van der Waals surface area (Å²) in [5.41, 5.74) is -8.34. The topological polar surface area (TPSA) is 84.0 Å². The zero-order chi connectivity index (χ0) is 34.0. The Kier molecular flexibility index (Phi) is 10.3. The minimum Gasteiger partial charge on any atom is -0.376 e. The third kappa shape index (κ3) is 6.24. The number of hydrogen-bond acceptors (Lipinski definition) is 5. The van der Waals surface area contributed by atoms with E-state index in [1.54, 1.807) is 25.1 Å². The van der Waals surface area contributed by atoms with Gasteiger partial charge in [0.2, 0.25) is 5.91 Å². The molecule has 3 aromatic rings. The van der Waals surface area contributed by atoms with Crippen LogP contribution in [0.5, 0.6) is 5.75 Å². The summed E-state index contributed by atoms with van der Waals surface area (Å²) in [6.45, 7) is 9.57. The summed E-state index contributed by atoms with van der Waals surface area (Å²) in [4.78, 5) is 31.0. The Labute approximate surface area is 257 Å². The summed E-state index contributed by atoms with van der Waals surface area (Å²) in [6, 6.07) is 13.6. The molecule has 45 heavy (non-hydrogen) atoms. The fourth-order valence-electron chi connectivity index (χ4n) is 5.31. The number of halogens is 6. The summed E-state index contributed by atoms with van der Waals surface area (Å²) >= 11 is 0. The van der Waals surface area contributed by atoms with Crippen LogP contribution in [0.15, 0.2) is 66.7 Å². The zero-order valence-electron chi connectivity index (χ0n) is 25.1. The van der Waals surface area contributed by atoms with E-state index in [0.29, 0.717) is 0 Å². The van der Waals surface area contributed by atoms with Crippen LogP contribution in [-0.4, -0.2) is 32.3 Å². The molecule has 1 aliphatic heterocycles. The van der Waals surface area contributed by atoms with Gasteiger partial charge in [0, 0.05) is 12.2 Å². The highest BCUT2D eigenvalue weighted by atomic mass is 32.2. The highest BCUT2D eigenvalue weighted by Crippen LogP contribution is 2.51. The number of nitrogens with zero attached hydrogens (tertiary/aromatic N) is 2. The SMILES string of the molecule is CC.CC.CCN1C(=O)C2(CCc3cc(OS(=O)(=O)C(F)(F)F)ccc32)C(=O)N(c2ccccc2)c2cc(C(F)(F)F)ccc21. The number of carbonyl (C=O) groups excluding carboxylic acids is 2. The van der Waals surface area contributed by atoms with Crippen LogP contribution in [0.4, 0.5) is 43.4 Å². The van der Waals surface area contributed by atoms with Gasteiger partial charge in [-0.15, -0.1) is 0 Å². The molecule has 2 aliphatic rings. The highest BCUT2D eigenvalue weighted by molar-refractivity contribution is 7.88. The second-order valence-electron chi connectivity index (χ2n) is 9.43. The largest absolute Gasteiger partial charge is 0.534 e. The fraction of sp³-hybridized carbons (Fsp3) is 0.355. The van der Waals surface area contributed by atoms with E-state index >= 15 is 0 Å². The van der Waals surface area contributed by atoms with Crippen molar-refractivity contribution in [2.75, 3.05) is 16.3 Å². The van der Waals surface area contributed by atoms with Crippen molar-refractivity contribution in [2.45, 2.75) is 64.6 Å². The molecule has 0 bridgehead atoms. The molecule has 2 amide bonds. The van der Waals surface area contributed by atoms with E-state index in [4.69, 9.17) is 0 Å². The number of para-hydroxylation sites is 1. The minimum absolute atomic E-state index is 0.0186. The monoisotopic (exact) mass is 658 g/mol. The number of benzene rings is 3. The Morgan fingerprint density at radius 2 is 1.44 bits per heavy atom. The number of carbonyl (C=O) groups is 2. The van der Waals surface area contributed by atoms with Gasteiger partial charge in [0.05, 0.1) is 16.9 Å². The zero-order valence-corrected chi connectivity index (χ0v) is 25.9. The maximum atomic E-state index is 14.5. The van der Waals surface area contributed by atoms with E-state index in [1.165, 1.54) is 17.0 Å². The van der Waals surface area contributed by atoms with E-state index in [-0.39, 0.29) is 47.6 Å². The molecular formula is C31H32F6N2O5S. The normalized spacial score (nSPS) is 17.8. The molecule has 7 nitrogen and oxygen atoms in total. The van der Waals surface area contributed by atoms with Gasteiger partial charge in [0.25, 0.3) is 5.91 Å². The first-order valence-corrected chi connectivity index (χ1v) is 15.6. The molecule has 5 rings (SSSR count). The van der Waals surface area contributed by atoms with Crippen LogP contribution in [-0.2, 0) is 37.7 Å². The Bertz CT molecular complexity index is 1660. The molecular weight excluding hydrogens is 626 g/mol. The van der Waals surface area contributed by atoms with Gasteiger partial charge >= 0.3 is 21.8 Å². The lowest BCUT2D eigenvalue weighted by Crippen LogP contribution is -2.53. The van der Waals surface area contributed by atoms with Crippen molar-refractivity contribution >= 4 is 39.0 Å². The van der Waals surface area contributed by atoms with Gasteiger partial charge in [-0.2, -0.15) is 34.8 Å². The fourth-order valence-corrected chi connectivity index (χ4v) is 5.76. The van der Waals surface area contributed by atoms with Crippen LogP contribution in [0, 0.1) is 0 Å². The summed E-state index contributed by atoms with van der Waals surface area (Å²) in [5, 5.41) is 0. The van der Waals surface area contributed by atoms with Gasteiger partial charge in [-0.05, 0) is 73.4 Å². The van der Waals surface area contributed by atoms with Crippen molar-refractivity contribution in [2.24, 2.45) is 0 Å². The summed E-state index contributed by atoms with van der Waals surface area (Å²) in [7, 11) is -5.98. The molecule has 0 radical (unpaired) electrons. The lowest BCUT2D eigenvalue weighted by molar-refractivity contribution is -0.138. The van der Waals surface area contributed by atoms with Crippen LogP contribution < -0.4 is 14.0 Å². The first-order valence-electron chi connectivity index (χ1n) is 14.2. The minimum atomic E-state index is -5.98. The van der Waals surface area contributed by atoms with Gasteiger partial charge in [0.1, 0.15) is 5.75 Å². The summed E-state index contributed by atoms with van der Waals surface area (Å²) in [5.74, 6) is -2.27. The third-order valence-electron chi connectivity index (χ3n) is 7.14. The maximum absolute atomic E-state index is 14.5. The van der Waals surface area contributed by atoms with E-state index < -0.39 is 50.3 Å². The molecule has 1 aliphatic carbocycles. The lowest BCUT2D eigenvalue weighted by Gasteiger charge is -2.32. The van der Waals surface area contributed by atoms with Gasteiger partial charge in [-0.1, -0.05) is 52.0 Å². The molecule has 14 heteroatoms. The van der Waals surface area contributed by atoms with Crippen molar-refractivity contribution in [1.29, 1.82) is 0 Å². The van der Waals surface area contributed by atoms with Crippen molar-refractivity contribution < 1.29 is 48.5 Å². The maximum Gasteiger partial charge on any atom is 0.534 e. The predicted octanol–water partition coefficient (Wildman–Crippen LogP) is 7.90. The Balaban J connectivity index is 0.00000133. The van der Waals surface area contributed by atoms with Crippen LogP contribution in [0.25, 0.3) is 0 Å². The van der Waals surface area contributed by atoms with Crippen molar-refractivity contribution in [3.05, 3.63) is 83.4 Å².